The lowest BCUT2D eigenvalue weighted by Gasteiger charge is -2.16. The molecule has 4 heteroatoms. The molecule has 3 nitrogen and oxygen atoms in total. The van der Waals surface area contributed by atoms with Gasteiger partial charge in [-0.25, -0.2) is 0 Å². The molecule has 1 aliphatic rings. The predicted molar refractivity (Wildman–Crippen MR) is 89.6 cm³/mol. The molecule has 0 atom stereocenters. The fraction of sp³-hybridized carbons (Fsp3) is 0.389. The van der Waals surface area contributed by atoms with Gasteiger partial charge in [-0.3, -0.25) is 4.79 Å². The maximum Gasteiger partial charge on any atom is 0.225 e. The SMILES string of the molecule is O=C(Cc1cccs1)NCCOc1ccc2c(c1)CCCC2. The first-order chi connectivity index (χ1) is 10.8. The highest BCUT2D eigenvalue weighted by atomic mass is 32.1. The molecule has 0 bridgehead atoms. The van der Waals surface area contributed by atoms with Crippen molar-refractivity contribution in [1.29, 1.82) is 0 Å². The lowest BCUT2D eigenvalue weighted by molar-refractivity contribution is -0.120. The molecule has 0 saturated heterocycles. The Morgan fingerprint density at radius 3 is 2.86 bits per heavy atom. The van der Waals surface area contributed by atoms with Gasteiger partial charge in [0.15, 0.2) is 0 Å². The highest BCUT2D eigenvalue weighted by molar-refractivity contribution is 7.10. The van der Waals surface area contributed by atoms with E-state index in [-0.39, 0.29) is 5.91 Å². The third-order valence-electron chi connectivity index (χ3n) is 3.93. The van der Waals surface area contributed by atoms with Crippen molar-refractivity contribution in [3.63, 3.8) is 0 Å². The maximum absolute atomic E-state index is 11.8. The largest absolute Gasteiger partial charge is 0.492 e. The average molecular weight is 315 g/mol. The van der Waals surface area contributed by atoms with Gasteiger partial charge in [0.2, 0.25) is 5.91 Å². The van der Waals surface area contributed by atoms with Gasteiger partial charge in [-0.05, 0) is 60.4 Å². The number of nitrogens with one attached hydrogen (secondary N) is 1. The lowest BCUT2D eigenvalue weighted by Crippen LogP contribution is -2.29. The number of benzene rings is 1. The number of hydrogen-bond donors (Lipinski definition) is 1. The number of ether oxygens (including phenoxy) is 1. The van der Waals surface area contributed by atoms with E-state index in [9.17, 15) is 4.79 Å². The minimum Gasteiger partial charge on any atom is -0.492 e. The summed E-state index contributed by atoms with van der Waals surface area (Å²) in [4.78, 5) is 12.8. The van der Waals surface area contributed by atoms with Gasteiger partial charge in [-0.15, -0.1) is 11.3 Å². The van der Waals surface area contributed by atoms with Crippen LogP contribution in [-0.4, -0.2) is 19.1 Å². The molecular weight excluding hydrogens is 294 g/mol. The molecular formula is C18H21NO2S. The second-order valence-electron chi connectivity index (χ2n) is 5.59. The molecule has 0 unspecified atom stereocenters. The minimum atomic E-state index is 0.0523. The van der Waals surface area contributed by atoms with E-state index in [1.165, 1.54) is 30.4 Å². The van der Waals surface area contributed by atoms with Gasteiger partial charge >= 0.3 is 0 Å². The molecule has 0 aliphatic heterocycles. The van der Waals surface area contributed by atoms with Crippen LogP contribution in [0, 0.1) is 0 Å². The molecule has 1 amide bonds. The third-order valence-corrected chi connectivity index (χ3v) is 4.80. The Morgan fingerprint density at radius 1 is 1.18 bits per heavy atom. The van der Waals surface area contributed by atoms with Crippen LogP contribution in [-0.2, 0) is 24.1 Å². The van der Waals surface area contributed by atoms with E-state index >= 15 is 0 Å². The Morgan fingerprint density at radius 2 is 2.05 bits per heavy atom. The predicted octanol–water partition coefficient (Wildman–Crippen LogP) is 3.36. The highest BCUT2D eigenvalue weighted by Gasteiger charge is 2.10. The summed E-state index contributed by atoms with van der Waals surface area (Å²) in [6.45, 7) is 1.05. The molecule has 1 aliphatic carbocycles. The van der Waals surface area contributed by atoms with Gasteiger partial charge in [-0.1, -0.05) is 12.1 Å². The Hall–Kier alpha value is -1.81. The minimum absolute atomic E-state index is 0.0523. The van der Waals surface area contributed by atoms with Crippen LogP contribution in [0.4, 0.5) is 0 Å². The second-order valence-corrected chi connectivity index (χ2v) is 6.62. The molecule has 2 aromatic rings. The van der Waals surface area contributed by atoms with Gasteiger partial charge in [0, 0.05) is 4.88 Å². The van der Waals surface area contributed by atoms with Crippen molar-refractivity contribution in [2.24, 2.45) is 0 Å². The Balaban J connectivity index is 1.40. The smallest absolute Gasteiger partial charge is 0.225 e. The van der Waals surface area contributed by atoms with Crippen molar-refractivity contribution in [2.75, 3.05) is 13.2 Å². The van der Waals surface area contributed by atoms with Crippen LogP contribution in [0.15, 0.2) is 35.7 Å². The van der Waals surface area contributed by atoms with Gasteiger partial charge in [0.25, 0.3) is 0 Å². The van der Waals surface area contributed by atoms with E-state index in [0.717, 1.165) is 17.0 Å². The summed E-state index contributed by atoms with van der Waals surface area (Å²) in [6, 6.07) is 10.3. The normalized spacial score (nSPS) is 13.5. The summed E-state index contributed by atoms with van der Waals surface area (Å²) in [6.07, 6.45) is 5.37. The number of carbonyl (C=O) groups excluding carboxylic acids is 1. The van der Waals surface area contributed by atoms with Crippen LogP contribution in [0.3, 0.4) is 0 Å². The van der Waals surface area contributed by atoms with Crippen molar-refractivity contribution in [1.82, 2.24) is 5.32 Å². The van der Waals surface area contributed by atoms with E-state index in [1.54, 1.807) is 11.3 Å². The van der Waals surface area contributed by atoms with Crippen LogP contribution in [0.25, 0.3) is 0 Å². The van der Waals surface area contributed by atoms with E-state index in [1.807, 2.05) is 23.6 Å². The first-order valence-corrected chi connectivity index (χ1v) is 8.73. The standard InChI is InChI=1S/C18H21NO2S/c20-18(13-17-6-3-11-22-17)19-9-10-21-16-8-7-14-4-1-2-5-15(14)12-16/h3,6-8,11-12H,1-2,4-5,9-10,13H2,(H,19,20). The number of amides is 1. The molecule has 22 heavy (non-hydrogen) atoms. The summed E-state index contributed by atoms with van der Waals surface area (Å²) in [5, 5.41) is 4.88. The van der Waals surface area contributed by atoms with E-state index in [4.69, 9.17) is 4.74 Å². The number of thiophene rings is 1. The van der Waals surface area contributed by atoms with Gasteiger partial charge in [0.1, 0.15) is 12.4 Å². The maximum atomic E-state index is 11.8. The highest BCUT2D eigenvalue weighted by Crippen LogP contribution is 2.25. The molecule has 0 saturated carbocycles. The molecule has 3 rings (SSSR count). The van der Waals surface area contributed by atoms with E-state index in [2.05, 4.69) is 17.4 Å². The number of fused-ring (bicyclic) bond motifs is 1. The summed E-state index contributed by atoms with van der Waals surface area (Å²) in [5.74, 6) is 0.963. The molecule has 0 fully saturated rings. The van der Waals surface area contributed by atoms with Gasteiger partial charge < -0.3 is 10.1 Å². The first-order valence-electron chi connectivity index (χ1n) is 7.85. The molecule has 0 spiro atoms. The van der Waals surface area contributed by atoms with Crippen LogP contribution in [0.1, 0.15) is 28.8 Å². The lowest BCUT2D eigenvalue weighted by atomic mass is 9.92. The summed E-state index contributed by atoms with van der Waals surface area (Å²) in [5.41, 5.74) is 2.88. The van der Waals surface area contributed by atoms with E-state index < -0.39 is 0 Å². The van der Waals surface area contributed by atoms with Crippen molar-refractivity contribution in [3.8, 4) is 5.75 Å². The molecule has 1 N–H and O–H groups in total. The van der Waals surface area contributed by atoms with E-state index in [0.29, 0.717) is 19.6 Å². The molecule has 0 radical (unpaired) electrons. The van der Waals surface area contributed by atoms with Crippen LogP contribution >= 0.6 is 11.3 Å². The van der Waals surface area contributed by atoms with Gasteiger partial charge in [-0.2, -0.15) is 0 Å². The molecule has 1 aromatic heterocycles. The first kappa shape index (κ1) is 15.1. The Bertz CT molecular complexity index is 622. The van der Waals surface area contributed by atoms with Crippen LogP contribution in [0.2, 0.25) is 0 Å². The average Bonchev–Trinajstić information content (AvgIpc) is 3.04. The zero-order chi connectivity index (χ0) is 15.2. The molecule has 1 heterocycles. The monoisotopic (exact) mass is 315 g/mol. The number of hydrogen-bond acceptors (Lipinski definition) is 3. The van der Waals surface area contributed by atoms with Crippen molar-refractivity contribution in [3.05, 3.63) is 51.7 Å². The second kappa shape index (κ2) is 7.45. The fourth-order valence-corrected chi connectivity index (χ4v) is 3.50. The number of aryl methyl sites for hydroxylation is 2. The number of rotatable bonds is 6. The summed E-state index contributed by atoms with van der Waals surface area (Å²) >= 11 is 1.61. The van der Waals surface area contributed by atoms with Gasteiger partial charge in [0.05, 0.1) is 13.0 Å². The van der Waals surface area contributed by atoms with Crippen LogP contribution in [0.5, 0.6) is 5.75 Å². The van der Waals surface area contributed by atoms with Crippen molar-refractivity contribution < 1.29 is 9.53 Å². The van der Waals surface area contributed by atoms with Crippen LogP contribution < -0.4 is 10.1 Å². The Kier molecular flexibility index (Phi) is 5.11. The fourth-order valence-electron chi connectivity index (χ4n) is 2.79. The quantitative estimate of drug-likeness (QED) is 0.830. The topological polar surface area (TPSA) is 38.3 Å². The Labute approximate surface area is 135 Å². The zero-order valence-electron chi connectivity index (χ0n) is 12.6. The third kappa shape index (κ3) is 4.10. The molecule has 1 aromatic carbocycles. The van der Waals surface area contributed by atoms with Crippen molar-refractivity contribution in [2.45, 2.75) is 32.1 Å². The molecule has 116 valence electrons. The number of carbonyl (C=O) groups is 1. The van der Waals surface area contributed by atoms with Crippen molar-refractivity contribution >= 4 is 17.2 Å². The summed E-state index contributed by atoms with van der Waals surface area (Å²) < 4.78 is 5.75. The summed E-state index contributed by atoms with van der Waals surface area (Å²) in [7, 11) is 0. The zero-order valence-corrected chi connectivity index (χ0v) is 13.5.